The molecule has 0 radical (unpaired) electrons. The Hall–Kier alpha value is 0.0200. The highest BCUT2D eigenvalue weighted by atomic mass is 32.1. The van der Waals surface area contributed by atoms with Crippen LogP contribution in [0, 0.1) is 11.8 Å². The van der Waals surface area contributed by atoms with Crippen molar-refractivity contribution in [3.63, 3.8) is 0 Å². The molecule has 58 valence electrons. The second-order valence-corrected chi connectivity index (χ2v) is 3.39. The van der Waals surface area contributed by atoms with Crippen LogP contribution < -0.4 is 0 Å². The standard InChI is InChI=1S/C8H14OS/c9-5-7-3-1-2-4-8(7)6-10/h5,7-8,10H,1-4,6H2. The van der Waals surface area contributed by atoms with Gasteiger partial charge in [-0.2, -0.15) is 12.6 Å². The van der Waals surface area contributed by atoms with E-state index in [1.807, 2.05) is 0 Å². The Morgan fingerprint density at radius 1 is 1.40 bits per heavy atom. The highest BCUT2D eigenvalue weighted by Crippen LogP contribution is 2.28. The van der Waals surface area contributed by atoms with Crippen LogP contribution in [0.5, 0.6) is 0 Å². The molecule has 1 nitrogen and oxygen atoms in total. The molecule has 0 saturated heterocycles. The number of hydrogen-bond donors (Lipinski definition) is 1. The molecule has 0 bridgehead atoms. The van der Waals surface area contributed by atoms with Gasteiger partial charge in [0, 0.05) is 5.92 Å². The van der Waals surface area contributed by atoms with Crippen LogP contribution in [0.1, 0.15) is 25.7 Å². The van der Waals surface area contributed by atoms with Crippen LogP contribution in [-0.2, 0) is 4.79 Å². The predicted molar refractivity (Wildman–Crippen MR) is 45.4 cm³/mol. The van der Waals surface area contributed by atoms with Crippen molar-refractivity contribution in [1.82, 2.24) is 0 Å². The highest BCUT2D eigenvalue weighted by Gasteiger charge is 2.22. The van der Waals surface area contributed by atoms with Crippen LogP contribution in [0.3, 0.4) is 0 Å². The maximum absolute atomic E-state index is 10.5. The van der Waals surface area contributed by atoms with E-state index >= 15 is 0 Å². The first-order valence-electron chi connectivity index (χ1n) is 3.94. The summed E-state index contributed by atoms with van der Waals surface area (Å²) in [6.07, 6.45) is 5.92. The normalized spacial score (nSPS) is 33.7. The minimum absolute atomic E-state index is 0.311. The highest BCUT2D eigenvalue weighted by molar-refractivity contribution is 7.80. The van der Waals surface area contributed by atoms with Crippen molar-refractivity contribution < 1.29 is 4.79 Å². The van der Waals surface area contributed by atoms with Gasteiger partial charge in [0.1, 0.15) is 6.29 Å². The molecule has 2 atom stereocenters. The van der Waals surface area contributed by atoms with Crippen LogP contribution in [0.2, 0.25) is 0 Å². The maximum Gasteiger partial charge on any atom is 0.123 e. The van der Waals surface area contributed by atoms with Crippen molar-refractivity contribution in [1.29, 1.82) is 0 Å². The van der Waals surface area contributed by atoms with Crippen molar-refractivity contribution in [2.45, 2.75) is 25.7 Å². The number of rotatable bonds is 2. The Labute approximate surface area is 67.6 Å². The zero-order chi connectivity index (χ0) is 7.40. The van der Waals surface area contributed by atoms with Crippen LogP contribution in [0.15, 0.2) is 0 Å². The van der Waals surface area contributed by atoms with E-state index in [2.05, 4.69) is 12.6 Å². The summed E-state index contributed by atoms with van der Waals surface area (Å²) in [6.45, 7) is 0. The van der Waals surface area contributed by atoms with E-state index < -0.39 is 0 Å². The van der Waals surface area contributed by atoms with Gasteiger partial charge >= 0.3 is 0 Å². The largest absolute Gasteiger partial charge is 0.303 e. The number of aldehydes is 1. The second-order valence-electron chi connectivity index (χ2n) is 3.03. The summed E-state index contributed by atoms with van der Waals surface area (Å²) in [5.74, 6) is 1.75. The molecule has 1 rings (SSSR count). The van der Waals surface area contributed by atoms with E-state index in [4.69, 9.17) is 0 Å². The fraction of sp³-hybridized carbons (Fsp3) is 0.875. The predicted octanol–water partition coefficient (Wildman–Crippen LogP) is 1.92. The van der Waals surface area contributed by atoms with E-state index in [1.165, 1.54) is 19.3 Å². The molecule has 0 heterocycles. The van der Waals surface area contributed by atoms with Crippen molar-refractivity contribution >= 4 is 18.9 Å². The van der Waals surface area contributed by atoms with Gasteiger partial charge in [-0.25, -0.2) is 0 Å². The maximum atomic E-state index is 10.5. The minimum Gasteiger partial charge on any atom is -0.303 e. The van der Waals surface area contributed by atoms with Crippen molar-refractivity contribution in [3.8, 4) is 0 Å². The van der Waals surface area contributed by atoms with Crippen LogP contribution in [0.25, 0.3) is 0 Å². The average molecular weight is 158 g/mol. The summed E-state index contributed by atoms with van der Waals surface area (Å²) >= 11 is 4.22. The van der Waals surface area contributed by atoms with Gasteiger partial charge in [0.2, 0.25) is 0 Å². The third kappa shape index (κ3) is 1.75. The molecule has 1 saturated carbocycles. The molecule has 0 amide bonds. The molecular weight excluding hydrogens is 144 g/mol. The zero-order valence-corrected chi connectivity index (χ0v) is 7.02. The molecule has 10 heavy (non-hydrogen) atoms. The number of carbonyl (C=O) groups excluding carboxylic acids is 1. The molecular formula is C8H14OS. The molecule has 1 fully saturated rings. The smallest absolute Gasteiger partial charge is 0.123 e. The Morgan fingerprint density at radius 2 is 2.10 bits per heavy atom. The topological polar surface area (TPSA) is 17.1 Å². The fourth-order valence-corrected chi connectivity index (χ4v) is 2.10. The summed E-state index contributed by atoms with van der Waals surface area (Å²) in [5, 5.41) is 0. The third-order valence-electron chi connectivity index (χ3n) is 2.38. The van der Waals surface area contributed by atoms with E-state index in [1.54, 1.807) is 0 Å². The van der Waals surface area contributed by atoms with E-state index in [0.29, 0.717) is 11.8 Å². The lowest BCUT2D eigenvalue weighted by Crippen LogP contribution is -2.21. The van der Waals surface area contributed by atoms with E-state index in [9.17, 15) is 4.79 Å². The van der Waals surface area contributed by atoms with Crippen LogP contribution in [-0.4, -0.2) is 12.0 Å². The first kappa shape index (κ1) is 8.12. The van der Waals surface area contributed by atoms with Crippen molar-refractivity contribution in [2.24, 2.45) is 11.8 Å². The molecule has 0 spiro atoms. The first-order chi connectivity index (χ1) is 4.88. The van der Waals surface area contributed by atoms with Gasteiger partial charge in [0.15, 0.2) is 0 Å². The van der Waals surface area contributed by atoms with Gasteiger partial charge < -0.3 is 4.79 Å². The molecule has 0 aliphatic heterocycles. The summed E-state index contributed by atoms with van der Waals surface area (Å²) in [5.41, 5.74) is 0. The molecule has 2 heteroatoms. The third-order valence-corrected chi connectivity index (χ3v) is 2.85. The summed E-state index contributed by atoms with van der Waals surface area (Å²) < 4.78 is 0. The van der Waals surface area contributed by atoms with Crippen molar-refractivity contribution in [2.75, 3.05) is 5.75 Å². The van der Waals surface area contributed by atoms with Gasteiger partial charge in [0.25, 0.3) is 0 Å². The first-order valence-corrected chi connectivity index (χ1v) is 4.58. The SMILES string of the molecule is O=CC1CCCCC1CS. The summed E-state index contributed by atoms with van der Waals surface area (Å²) in [7, 11) is 0. The summed E-state index contributed by atoms with van der Waals surface area (Å²) in [4.78, 5) is 10.5. The zero-order valence-electron chi connectivity index (χ0n) is 6.12. The molecule has 0 aromatic heterocycles. The lowest BCUT2D eigenvalue weighted by molar-refractivity contribution is -0.113. The molecule has 2 unspecified atom stereocenters. The van der Waals surface area contributed by atoms with Gasteiger partial charge in [-0.05, 0) is 24.5 Å². The Balaban J connectivity index is 2.41. The second kappa shape index (κ2) is 4.02. The number of thiol groups is 1. The Bertz CT molecular complexity index is 114. The monoisotopic (exact) mass is 158 g/mol. The van der Waals surface area contributed by atoms with E-state index in [-0.39, 0.29) is 0 Å². The molecule has 0 N–H and O–H groups in total. The number of carbonyl (C=O) groups is 1. The molecule has 0 aromatic carbocycles. The minimum atomic E-state index is 0.311. The van der Waals surface area contributed by atoms with Gasteiger partial charge in [0.05, 0.1) is 0 Å². The van der Waals surface area contributed by atoms with Gasteiger partial charge in [-0.15, -0.1) is 0 Å². The Morgan fingerprint density at radius 3 is 2.60 bits per heavy atom. The molecule has 1 aliphatic carbocycles. The quantitative estimate of drug-likeness (QED) is 0.480. The fourth-order valence-electron chi connectivity index (χ4n) is 1.64. The van der Waals surface area contributed by atoms with Gasteiger partial charge in [-0.3, -0.25) is 0 Å². The van der Waals surface area contributed by atoms with Crippen molar-refractivity contribution in [3.05, 3.63) is 0 Å². The lowest BCUT2D eigenvalue weighted by atomic mass is 9.81. The molecule has 0 aromatic rings. The average Bonchev–Trinajstić information content (AvgIpc) is 2.04. The van der Waals surface area contributed by atoms with Crippen LogP contribution >= 0.6 is 12.6 Å². The lowest BCUT2D eigenvalue weighted by Gasteiger charge is -2.25. The van der Waals surface area contributed by atoms with Crippen LogP contribution in [0.4, 0.5) is 0 Å². The number of hydrogen-bond acceptors (Lipinski definition) is 2. The Kier molecular flexibility index (Phi) is 3.26. The summed E-state index contributed by atoms with van der Waals surface area (Å²) in [6, 6.07) is 0. The van der Waals surface area contributed by atoms with E-state index in [0.717, 1.165) is 18.5 Å². The van der Waals surface area contributed by atoms with Gasteiger partial charge in [-0.1, -0.05) is 12.8 Å². The molecule has 1 aliphatic rings.